The number of nitrogens with one attached hydrogen (secondary N) is 1. The molecule has 0 unspecified atom stereocenters. The fraction of sp³-hybridized carbons (Fsp3) is 0.478. The molecule has 0 bridgehead atoms. The maximum absolute atomic E-state index is 12.8. The fourth-order valence-electron chi connectivity index (χ4n) is 4.03. The molecule has 1 aromatic carbocycles. The highest BCUT2D eigenvalue weighted by atomic mass is 16.6. The monoisotopic (exact) mass is 427 g/mol. The number of ether oxygens (including phenoxy) is 3. The number of hydrogen-bond donors (Lipinski definition) is 1. The van der Waals surface area contributed by atoms with Gasteiger partial charge in [0, 0.05) is 30.1 Å². The number of methoxy groups -OCH3 is 1. The number of amides is 1. The third kappa shape index (κ3) is 5.38. The van der Waals surface area contributed by atoms with Crippen LogP contribution in [0.15, 0.2) is 35.3 Å². The van der Waals surface area contributed by atoms with Gasteiger partial charge in [-0.2, -0.15) is 0 Å². The van der Waals surface area contributed by atoms with Crippen molar-refractivity contribution in [1.82, 2.24) is 9.47 Å². The molecule has 2 aromatic rings. The molecule has 2 aliphatic rings. The maximum atomic E-state index is 12.8. The highest BCUT2D eigenvalue weighted by Crippen LogP contribution is 2.32. The first-order valence-corrected chi connectivity index (χ1v) is 10.8. The maximum Gasteiger partial charge on any atom is 0.244 e. The van der Waals surface area contributed by atoms with Crippen LogP contribution in [0.4, 0.5) is 5.69 Å². The van der Waals surface area contributed by atoms with E-state index >= 15 is 0 Å². The molecule has 1 aromatic heterocycles. The molecule has 1 saturated heterocycles. The quantitative estimate of drug-likeness (QED) is 0.763. The highest BCUT2D eigenvalue weighted by Gasteiger charge is 2.17. The molecule has 166 valence electrons. The van der Waals surface area contributed by atoms with E-state index < -0.39 is 0 Å². The predicted molar refractivity (Wildman–Crippen MR) is 117 cm³/mol. The number of carbonyl (C=O) groups is 1. The number of carbonyl (C=O) groups excluding carboxylic acids is 1. The third-order valence-electron chi connectivity index (χ3n) is 5.63. The summed E-state index contributed by atoms with van der Waals surface area (Å²) in [7, 11) is 1.46. The van der Waals surface area contributed by atoms with Crippen molar-refractivity contribution < 1.29 is 19.0 Å². The number of anilines is 1. The second kappa shape index (κ2) is 9.87. The van der Waals surface area contributed by atoms with Gasteiger partial charge >= 0.3 is 0 Å². The molecule has 8 heteroatoms. The van der Waals surface area contributed by atoms with Gasteiger partial charge in [-0.25, -0.2) is 0 Å². The average molecular weight is 428 g/mol. The third-order valence-corrected chi connectivity index (χ3v) is 5.63. The van der Waals surface area contributed by atoms with E-state index in [1.807, 2.05) is 0 Å². The number of benzene rings is 1. The number of hydrogen-bond acceptors (Lipinski definition) is 6. The number of fused-ring (bicyclic) bond motifs is 1. The lowest BCUT2D eigenvalue weighted by atomic mass is 10.2. The smallest absolute Gasteiger partial charge is 0.244 e. The van der Waals surface area contributed by atoms with Crippen molar-refractivity contribution in [3.05, 3.63) is 46.4 Å². The van der Waals surface area contributed by atoms with E-state index in [9.17, 15) is 9.59 Å². The number of rotatable bonds is 6. The molecule has 8 nitrogen and oxygen atoms in total. The van der Waals surface area contributed by atoms with Crippen LogP contribution in [0.1, 0.15) is 31.4 Å². The van der Waals surface area contributed by atoms with E-state index in [1.54, 1.807) is 35.0 Å². The minimum absolute atomic E-state index is 0.0776. The first kappa shape index (κ1) is 21.2. The van der Waals surface area contributed by atoms with Gasteiger partial charge in [-0.1, -0.05) is 12.8 Å². The van der Waals surface area contributed by atoms with Crippen LogP contribution in [0.2, 0.25) is 0 Å². The topological polar surface area (TPSA) is 82.0 Å². The Balaban J connectivity index is 1.50. The van der Waals surface area contributed by atoms with Crippen LogP contribution in [0.5, 0.6) is 17.2 Å². The Morgan fingerprint density at radius 3 is 2.55 bits per heavy atom. The summed E-state index contributed by atoms with van der Waals surface area (Å²) in [5, 5.41) is 2.91. The summed E-state index contributed by atoms with van der Waals surface area (Å²) in [4.78, 5) is 27.5. The molecule has 0 aliphatic carbocycles. The van der Waals surface area contributed by atoms with Crippen LogP contribution in [-0.4, -0.2) is 48.8 Å². The van der Waals surface area contributed by atoms with Crippen LogP contribution in [0.25, 0.3) is 0 Å². The van der Waals surface area contributed by atoms with Crippen molar-refractivity contribution in [1.29, 1.82) is 0 Å². The van der Waals surface area contributed by atoms with Gasteiger partial charge in [-0.05, 0) is 38.1 Å². The summed E-state index contributed by atoms with van der Waals surface area (Å²) in [6, 6.07) is 6.92. The van der Waals surface area contributed by atoms with Crippen LogP contribution >= 0.6 is 0 Å². The molecule has 0 saturated carbocycles. The van der Waals surface area contributed by atoms with Gasteiger partial charge in [-0.15, -0.1) is 0 Å². The predicted octanol–water partition coefficient (Wildman–Crippen LogP) is 2.64. The Morgan fingerprint density at radius 1 is 1.06 bits per heavy atom. The van der Waals surface area contributed by atoms with Crippen molar-refractivity contribution in [3.8, 4) is 17.2 Å². The number of likely N-dealkylation sites (tertiary alicyclic amines) is 1. The van der Waals surface area contributed by atoms with Gasteiger partial charge in [0.25, 0.3) is 0 Å². The molecule has 0 atom stereocenters. The Kier molecular flexibility index (Phi) is 6.76. The molecule has 0 spiro atoms. The molecule has 1 N–H and O–H groups in total. The minimum atomic E-state index is -0.195. The summed E-state index contributed by atoms with van der Waals surface area (Å²) in [6.45, 7) is 3.73. The van der Waals surface area contributed by atoms with Gasteiger partial charge in [0.2, 0.25) is 11.3 Å². The Morgan fingerprint density at radius 2 is 1.81 bits per heavy atom. The van der Waals surface area contributed by atoms with Gasteiger partial charge in [0.05, 0.1) is 13.3 Å². The largest absolute Gasteiger partial charge is 0.491 e. The van der Waals surface area contributed by atoms with Crippen molar-refractivity contribution in [2.45, 2.75) is 38.8 Å². The van der Waals surface area contributed by atoms with Crippen LogP contribution in [-0.2, 0) is 17.9 Å². The summed E-state index contributed by atoms with van der Waals surface area (Å²) < 4.78 is 18.1. The molecule has 4 rings (SSSR count). The molecule has 1 fully saturated rings. The molecule has 2 aliphatic heterocycles. The Labute approximate surface area is 181 Å². The SMILES string of the molecule is COc1cn(CC(=O)Nc2ccc3c(c2)OCCO3)c(CN2CCCCCC2)cc1=O. The van der Waals surface area contributed by atoms with E-state index in [0.29, 0.717) is 36.9 Å². The Hall–Kier alpha value is -3.00. The molecule has 31 heavy (non-hydrogen) atoms. The second-order valence-corrected chi connectivity index (χ2v) is 7.92. The van der Waals surface area contributed by atoms with E-state index in [1.165, 1.54) is 20.0 Å². The number of nitrogens with zero attached hydrogens (tertiary/aromatic N) is 2. The molecule has 1 amide bonds. The molecule has 0 radical (unpaired) electrons. The van der Waals surface area contributed by atoms with E-state index in [2.05, 4.69) is 10.2 Å². The molecular weight excluding hydrogens is 398 g/mol. The summed E-state index contributed by atoms with van der Waals surface area (Å²) in [5.74, 6) is 1.33. The standard InChI is InChI=1S/C23H29N3O5/c1-29-22-15-26(18(13-19(22)27)14-25-8-4-2-3-5-9-25)16-23(28)24-17-6-7-20-21(12-17)31-11-10-30-20/h6-7,12-13,15H,2-5,8-11,14,16H2,1H3,(H,24,28). The van der Waals surface area contributed by atoms with Gasteiger partial charge < -0.3 is 24.1 Å². The van der Waals surface area contributed by atoms with Crippen molar-refractivity contribution in [2.24, 2.45) is 0 Å². The van der Waals surface area contributed by atoms with Crippen LogP contribution in [0, 0.1) is 0 Å². The van der Waals surface area contributed by atoms with Gasteiger partial charge in [0.15, 0.2) is 17.2 Å². The van der Waals surface area contributed by atoms with Crippen LogP contribution < -0.4 is 25.0 Å². The minimum Gasteiger partial charge on any atom is -0.491 e. The number of aromatic nitrogens is 1. The van der Waals surface area contributed by atoms with Crippen molar-refractivity contribution in [2.75, 3.05) is 38.7 Å². The first-order valence-electron chi connectivity index (χ1n) is 10.8. The summed E-state index contributed by atoms with van der Waals surface area (Å²) in [6.07, 6.45) is 6.42. The first-order chi connectivity index (χ1) is 15.1. The normalized spacial score (nSPS) is 16.4. The summed E-state index contributed by atoms with van der Waals surface area (Å²) >= 11 is 0. The lowest BCUT2D eigenvalue weighted by Crippen LogP contribution is -2.29. The lowest BCUT2D eigenvalue weighted by molar-refractivity contribution is -0.116. The van der Waals surface area contributed by atoms with Gasteiger partial charge in [0.1, 0.15) is 19.8 Å². The van der Waals surface area contributed by atoms with Crippen molar-refractivity contribution in [3.63, 3.8) is 0 Å². The lowest BCUT2D eigenvalue weighted by Gasteiger charge is -2.23. The highest BCUT2D eigenvalue weighted by molar-refractivity contribution is 5.91. The zero-order valence-corrected chi connectivity index (χ0v) is 17.9. The van der Waals surface area contributed by atoms with Gasteiger partial charge in [-0.3, -0.25) is 14.5 Å². The van der Waals surface area contributed by atoms with Crippen molar-refractivity contribution >= 4 is 11.6 Å². The van der Waals surface area contributed by atoms with E-state index in [0.717, 1.165) is 31.6 Å². The molecule has 3 heterocycles. The molecular formula is C23H29N3O5. The van der Waals surface area contributed by atoms with Crippen LogP contribution in [0.3, 0.4) is 0 Å². The fourth-order valence-corrected chi connectivity index (χ4v) is 4.03. The second-order valence-electron chi connectivity index (χ2n) is 7.92. The Bertz CT molecular complexity index is 980. The summed E-state index contributed by atoms with van der Waals surface area (Å²) in [5.41, 5.74) is 1.28. The van der Waals surface area contributed by atoms with E-state index in [-0.39, 0.29) is 23.6 Å². The number of pyridine rings is 1. The average Bonchev–Trinajstić information content (AvgIpc) is 3.04. The van der Waals surface area contributed by atoms with E-state index in [4.69, 9.17) is 14.2 Å². The zero-order chi connectivity index (χ0) is 21.6. The zero-order valence-electron chi connectivity index (χ0n) is 17.9.